The first-order valence-electron chi connectivity index (χ1n) is 7.31. The number of carbonyl (C=O) groups excluding carboxylic acids is 2. The molecule has 0 aliphatic heterocycles. The number of benzene rings is 1. The zero-order valence-corrected chi connectivity index (χ0v) is 13.2. The van der Waals surface area contributed by atoms with Gasteiger partial charge in [-0.2, -0.15) is 0 Å². The molecule has 122 valence electrons. The van der Waals surface area contributed by atoms with E-state index in [0.717, 1.165) is 11.3 Å². The molecular weight excluding hydrogens is 284 g/mol. The van der Waals surface area contributed by atoms with E-state index in [2.05, 4.69) is 10.6 Å². The molecule has 0 radical (unpaired) electrons. The van der Waals surface area contributed by atoms with Crippen LogP contribution in [0, 0.1) is 0 Å². The zero-order chi connectivity index (χ0) is 16.2. The van der Waals surface area contributed by atoms with Crippen LogP contribution in [0.4, 0.5) is 0 Å². The van der Waals surface area contributed by atoms with E-state index in [1.54, 1.807) is 14.2 Å². The SMILES string of the molecule is COCCNC(=O)CCCC(=O)NCc1cccc(OC)c1. The van der Waals surface area contributed by atoms with Crippen LogP contribution in [-0.4, -0.2) is 39.2 Å². The number of rotatable bonds is 10. The molecule has 0 bridgehead atoms. The molecule has 1 aromatic carbocycles. The van der Waals surface area contributed by atoms with Crippen LogP contribution in [0.3, 0.4) is 0 Å². The Morgan fingerprint density at radius 1 is 1.09 bits per heavy atom. The molecule has 0 saturated carbocycles. The van der Waals surface area contributed by atoms with Crippen LogP contribution in [0.5, 0.6) is 5.75 Å². The molecule has 0 atom stereocenters. The van der Waals surface area contributed by atoms with Crippen LogP contribution in [0.25, 0.3) is 0 Å². The highest BCUT2D eigenvalue weighted by Crippen LogP contribution is 2.12. The quantitative estimate of drug-likeness (QED) is 0.638. The molecule has 2 N–H and O–H groups in total. The summed E-state index contributed by atoms with van der Waals surface area (Å²) in [4.78, 5) is 23.2. The summed E-state index contributed by atoms with van der Waals surface area (Å²) in [6, 6.07) is 7.54. The fourth-order valence-corrected chi connectivity index (χ4v) is 1.86. The Hall–Kier alpha value is -2.08. The van der Waals surface area contributed by atoms with Crippen molar-refractivity contribution < 1.29 is 19.1 Å². The maximum absolute atomic E-state index is 11.7. The van der Waals surface area contributed by atoms with Gasteiger partial charge in [-0.1, -0.05) is 12.1 Å². The van der Waals surface area contributed by atoms with Gasteiger partial charge in [0.15, 0.2) is 0 Å². The second-order valence-corrected chi connectivity index (χ2v) is 4.82. The fourth-order valence-electron chi connectivity index (χ4n) is 1.86. The second kappa shape index (κ2) is 10.6. The van der Waals surface area contributed by atoms with Crippen molar-refractivity contribution in [3.63, 3.8) is 0 Å². The summed E-state index contributed by atoms with van der Waals surface area (Å²) in [6.45, 7) is 1.44. The van der Waals surface area contributed by atoms with Crippen molar-refractivity contribution >= 4 is 11.8 Å². The molecule has 6 heteroatoms. The van der Waals surface area contributed by atoms with E-state index in [1.165, 1.54) is 0 Å². The molecule has 0 aliphatic rings. The van der Waals surface area contributed by atoms with Crippen molar-refractivity contribution in [3.05, 3.63) is 29.8 Å². The summed E-state index contributed by atoms with van der Waals surface area (Å²) in [5.74, 6) is 0.643. The molecule has 0 aromatic heterocycles. The summed E-state index contributed by atoms with van der Waals surface area (Å²) in [5.41, 5.74) is 0.977. The van der Waals surface area contributed by atoms with Crippen LogP contribution in [-0.2, 0) is 20.9 Å². The molecule has 22 heavy (non-hydrogen) atoms. The molecule has 1 aromatic rings. The number of hydrogen-bond donors (Lipinski definition) is 2. The summed E-state index contributed by atoms with van der Waals surface area (Å²) < 4.78 is 9.96. The predicted molar refractivity (Wildman–Crippen MR) is 83.6 cm³/mol. The Bertz CT molecular complexity index is 477. The molecule has 0 fully saturated rings. The van der Waals surface area contributed by atoms with Crippen molar-refractivity contribution in [2.24, 2.45) is 0 Å². The summed E-state index contributed by atoms with van der Waals surface area (Å²) in [5, 5.41) is 5.55. The van der Waals surface area contributed by atoms with Crippen molar-refractivity contribution in [3.8, 4) is 5.75 Å². The van der Waals surface area contributed by atoms with Gasteiger partial charge in [0, 0.05) is 33.0 Å². The summed E-state index contributed by atoms with van der Waals surface area (Å²) in [7, 11) is 3.19. The molecule has 0 saturated heterocycles. The van der Waals surface area contributed by atoms with Gasteiger partial charge in [0.05, 0.1) is 13.7 Å². The Balaban J connectivity index is 2.16. The number of hydrogen-bond acceptors (Lipinski definition) is 4. The Morgan fingerprint density at radius 2 is 1.82 bits per heavy atom. The number of nitrogens with one attached hydrogen (secondary N) is 2. The van der Waals surface area contributed by atoms with E-state index in [1.807, 2.05) is 24.3 Å². The lowest BCUT2D eigenvalue weighted by atomic mass is 10.2. The average molecular weight is 308 g/mol. The largest absolute Gasteiger partial charge is 0.497 e. The number of amides is 2. The minimum absolute atomic E-state index is 0.0577. The standard InChI is InChI=1S/C16H24N2O4/c1-21-10-9-17-15(19)7-4-8-16(20)18-12-13-5-3-6-14(11-13)22-2/h3,5-6,11H,4,7-10,12H2,1-2H3,(H,17,19)(H,18,20). The van der Waals surface area contributed by atoms with Gasteiger partial charge in [-0.15, -0.1) is 0 Å². The normalized spacial score (nSPS) is 10.1. The highest BCUT2D eigenvalue weighted by Gasteiger charge is 2.05. The second-order valence-electron chi connectivity index (χ2n) is 4.82. The number of carbonyl (C=O) groups is 2. The first-order valence-corrected chi connectivity index (χ1v) is 7.31. The minimum atomic E-state index is -0.0625. The maximum Gasteiger partial charge on any atom is 0.220 e. The van der Waals surface area contributed by atoms with Crippen molar-refractivity contribution in [2.45, 2.75) is 25.8 Å². The highest BCUT2D eigenvalue weighted by molar-refractivity contribution is 5.78. The van der Waals surface area contributed by atoms with E-state index in [-0.39, 0.29) is 11.8 Å². The van der Waals surface area contributed by atoms with E-state index in [9.17, 15) is 9.59 Å². The van der Waals surface area contributed by atoms with Gasteiger partial charge in [-0.05, 0) is 24.1 Å². The van der Waals surface area contributed by atoms with Crippen LogP contribution >= 0.6 is 0 Å². The van der Waals surface area contributed by atoms with Crippen LogP contribution in [0.15, 0.2) is 24.3 Å². The molecule has 0 unspecified atom stereocenters. The Kier molecular flexibility index (Phi) is 8.67. The number of ether oxygens (including phenoxy) is 2. The van der Waals surface area contributed by atoms with E-state index < -0.39 is 0 Å². The Morgan fingerprint density at radius 3 is 2.50 bits per heavy atom. The van der Waals surface area contributed by atoms with Gasteiger partial charge >= 0.3 is 0 Å². The van der Waals surface area contributed by atoms with Gasteiger partial charge < -0.3 is 20.1 Å². The monoisotopic (exact) mass is 308 g/mol. The average Bonchev–Trinajstić information content (AvgIpc) is 2.53. The highest BCUT2D eigenvalue weighted by atomic mass is 16.5. The summed E-state index contributed by atoms with van der Waals surface area (Å²) >= 11 is 0. The van der Waals surface area contributed by atoms with Crippen molar-refractivity contribution in [1.82, 2.24) is 10.6 Å². The van der Waals surface area contributed by atoms with E-state index >= 15 is 0 Å². The van der Waals surface area contributed by atoms with E-state index in [0.29, 0.717) is 39.0 Å². The van der Waals surface area contributed by atoms with Gasteiger partial charge in [0.1, 0.15) is 5.75 Å². The topological polar surface area (TPSA) is 76.7 Å². The minimum Gasteiger partial charge on any atom is -0.497 e. The first kappa shape index (κ1) is 18.0. The number of methoxy groups -OCH3 is 2. The molecule has 0 heterocycles. The molecule has 0 aliphatic carbocycles. The van der Waals surface area contributed by atoms with Crippen LogP contribution < -0.4 is 15.4 Å². The van der Waals surface area contributed by atoms with Gasteiger partial charge in [0.25, 0.3) is 0 Å². The van der Waals surface area contributed by atoms with Crippen molar-refractivity contribution in [2.75, 3.05) is 27.4 Å². The lowest BCUT2D eigenvalue weighted by Crippen LogP contribution is -2.27. The maximum atomic E-state index is 11.7. The Labute approximate surface area is 131 Å². The molecule has 0 spiro atoms. The van der Waals surface area contributed by atoms with E-state index in [4.69, 9.17) is 9.47 Å². The molecule has 6 nitrogen and oxygen atoms in total. The first-order chi connectivity index (χ1) is 10.7. The van der Waals surface area contributed by atoms with Gasteiger partial charge in [-0.3, -0.25) is 9.59 Å². The predicted octanol–water partition coefficient (Wildman–Crippen LogP) is 1.24. The fraction of sp³-hybridized carbons (Fsp3) is 0.500. The molecule has 2 amide bonds. The third-order valence-corrected chi connectivity index (χ3v) is 3.06. The van der Waals surface area contributed by atoms with Crippen LogP contribution in [0.2, 0.25) is 0 Å². The van der Waals surface area contributed by atoms with Gasteiger partial charge in [0.2, 0.25) is 11.8 Å². The molecule has 1 rings (SSSR count). The lowest BCUT2D eigenvalue weighted by molar-refractivity contribution is -0.122. The molecular formula is C16H24N2O4. The van der Waals surface area contributed by atoms with Crippen LogP contribution in [0.1, 0.15) is 24.8 Å². The zero-order valence-electron chi connectivity index (χ0n) is 13.2. The third-order valence-electron chi connectivity index (χ3n) is 3.06. The lowest BCUT2D eigenvalue weighted by Gasteiger charge is -2.07. The third kappa shape index (κ3) is 7.64. The van der Waals surface area contributed by atoms with Crippen molar-refractivity contribution in [1.29, 1.82) is 0 Å². The summed E-state index contributed by atoms with van der Waals surface area (Å²) in [6.07, 6.45) is 1.21. The van der Waals surface area contributed by atoms with Gasteiger partial charge in [-0.25, -0.2) is 0 Å². The smallest absolute Gasteiger partial charge is 0.220 e.